The third-order valence-electron chi connectivity index (χ3n) is 4.36. The molecular weight excluding hydrogens is 254 g/mol. The van der Waals surface area contributed by atoms with Gasteiger partial charge in [-0.2, -0.15) is 0 Å². The Hall–Kier alpha value is -1.10. The number of nitrogens with zero attached hydrogens (tertiary/aromatic N) is 2. The lowest BCUT2D eigenvalue weighted by Crippen LogP contribution is -2.56. The number of piperidine rings is 1. The highest BCUT2D eigenvalue weighted by atomic mass is 16.2. The molecule has 0 spiro atoms. The fourth-order valence-electron chi connectivity index (χ4n) is 3.03. The molecule has 2 heterocycles. The third kappa shape index (κ3) is 3.51. The highest BCUT2D eigenvalue weighted by molar-refractivity contribution is 5.83. The van der Waals surface area contributed by atoms with Crippen LogP contribution in [-0.4, -0.2) is 60.4 Å². The molecule has 2 amide bonds. The van der Waals surface area contributed by atoms with E-state index in [1.807, 2.05) is 23.6 Å². The van der Waals surface area contributed by atoms with Gasteiger partial charge in [-0.3, -0.25) is 9.59 Å². The Morgan fingerprint density at radius 3 is 2.25 bits per heavy atom. The van der Waals surface area contributed by atoms with Gasteiger partial charge in [-0.1, -0.05) is 20.8 Å². The van der Waals surface area contributed by atoms with Crippen LogP contribution < -0.4 is 5.32 Å². The first-order valence-corrected chi connectivity index (χ1v) is 7.80. The van der Waals surface area contributed by atoms with Crippen molar-refractivity contribution in [2.24, 2.45) is 11.8 Å². The van der Waals surface area contributed by atoms with Gasteiger partial charge in [-0.15, -0.1) is 0 Å². The molecule has 114 valence electrons. The molecule has 0 aliphatic carbocycles. The van der Waals surface area contributed by atoms with Crippen LogP contribution in [0.15, 0.2) is 0 Å². The number of hydrogen-bond donors (Lipinski definition) is 1. The number of carbonyl (C=O) groups is 2. The van der Waals surface area contributed by atoms with Crippen LogP contribution in [0.1, 0.15) is 33.6 Å². The van der Waals surface area contributed by atoms with Crippen LogP contribution in [0, 0.1) is 11.8 Å². The molecule has 2 atom stereocenters. The van der Waals surface area contributed by atoms with Crippen molar-refractivity contribution in [3.8, 4) is 0 Å². The Balaban J connectivity index is 1.84. The van der Waals surface area contributed by atoms with E-state index in [-0.39, 0.29) is 23.8 Å². The van der Waals surface area contributed by atoms with E-state index in [0.717, 1.165) is 19.4 Å². The average Bonchev–Trinajstić information content (AvgIpc) is 2.46. The molecule has 0 aromatic heterocycles. The fourth-order valence-corrected chi connectivity index (χ4v) is 3.03. The quantitative estimate of drug-likeness (QED) is 0.811. The zero-order chi connectivity index (χ0) is 14.7. The minimum atomic E-state index is -0.0221. The molecule has 2 aliphatic heterocycles. The lowest BCUT2D eigenvalue weighted by molar-refractivity contribution is -0.142. The van der Waals surface area contributed by atoms with Crippen LogP contribution in [-0.2, 0) is 9.59 Å². The molecule has 20 heavy (non-hydrogen) atoms. The Morgan fingerprint density at radius 2 is 1.70 bits per heavy atom. The second kappa shape index (κ2) is 6.57. The van der Waals surface area contributed by atoms with Gasteiger partial charge in [0.25, 0.3) is 0 Å². The molecule has 0 aromatic rings. The van der Waals surface area contributed by atoms with Crippen molar-refractivity contribution in [1.29, 1.82) is 0 Å². The molecule has 2 saturated heterocycles. The van der Waals surface area contributed by atoms with Crippen molar-refractivity contribution < 1.29 is 9.59 Å². The molecule has 0 saturated carbocycles. The lowest BCUT2D eigenvalue weighted by atomic mass is 9.93. The van der Waals surface area contributed by atoms with Crippen molar-refractivity contribution >= 4 is 11.8 Å². The molecule has 2 unspecified atom stereocenters. The van der Waals surface area contributed by atoms with Gasteiger partial charge in [-0.05, 0) is 25.3 Å². The average molecular weight is 281 g/mol. The molecule has 2 fully saturated rings. The van der Waals surface area contributed by atoms with Gasteiger partial charge in [0.15, 0.2) is 0 Å². The summed E-state index contributed by atoms with van der Waals surface area (Å²) in [6.45, 7) is 9.67. The summed E-state index contributed by atoms with van der Waals surface area (Å²) in [4.78, 5) is 28.2. The van der Waals surface area contributed by atoms with Crippen molar-refractivity contribution in [3.05, 3.63) is 0 Å². The van der Waals surface area contributed by atoms with E-state index in [2.05, 4.69) is 12.2 Å². The summed E-state index contributed by atoms with van der Waals surface area (Å²) in [5.41, 5.74) is 0. The summed E-state index contributed by atoms with van der Waals surface area (Å²) in [5, 5.41) is 3.33. The predicted octanol–water partition coefficient (Wildman–Crippen LogP) is 0.701. The fraction of sp³-hybridized carbons (Fsp3) is 0.867. The number of amides is 2. The number of rotatable bonds is 2. The largest absolute Gasteiger partial charge is 0.339 e. The predicted molar refractivity (Wildman–Crippen MR) is 78.2 cm³/mol. The summed E-state index contributed by atoms with van der Waals surface area (Å²) in [6, 6.07) is -0.0221. The monoisotopic (exact) mass is 281 g/mol. The first-order valence-electron chi connectivity index (χ1n) is 7.80. The van der Waals surface area contributed by atoms with Gasteiger partial charge in [0.2, 0.25) is 11.8 Å². The first kappa shape index (κ1) is 15.3. The van der Waals surface area contributed by atoms with Gasteiger partial charge in [0.05, 0.1) is 6.04 Å². The van der Waals surface area contributed by atoms with Gasteiger partial charge >= 0.3 is 0 Å². The van der Waals surface area contributed by atoms with E-state index in [0.29, 0.717) is 32.1 Å². The number of carbonyl (C=O) groups excluding carboxylic acids is 2. The van der Waals surface area contributed by atoms with Gasteiger partial charge < -0.3 is 15.1 Å². The lowest BCUT2D eigenvalue weighted by Gasteiger charge is -2.38. The maximum Gasteiger partial charge on any atom is 0.239 e. The summed E-state index contributed by atoms with van der Waals surface area (Å²) >= 11 is 0. The number of hydrogen-bond acceptors (Lipinski definition) is 3. The Morgan fingerprint density at radius 1 is 1.10 bits per heavy atom. The summed E-state index contributed by atoms with van der Waals surface area (Å²) in [6.07, 6.45) is 2.09. The second-order valence-corrected chi connectivity index (χ2v) is 6.44. The topological polar surface area (TPSA) is 52.7 Å². The smallest absolute Gasteiger partial charge is 0.239 e. The van der Waals surface area contributed by atoms with Crippen LogP contribution >= 0.6 is 0 Å². The third-order valence-corrected chi connectivity index (χ3v) is 4.36. The van der Waals surface area contributed by atoms with Crippen LogP contribution in [0.5, 0.6) is 0 Å². The van der Waals surface area contributed by atoms with E-state index in [9.17, 15) is 9.59 Å². The maximum absolute atomic E-state index is 12.5. The molecule has 0 aromatic carbocycles. The Labute approximate surface area is 121 Å². The van der Waals surface area contributed by atoms with E-state index in [1.165, 1.54) is 0 Å². The van der Waals surface area contributed by atoms with Crippen LogP contribution in [0.25, 0.3) is 0 Å². The van der Waals surface area contributed by atoms with E-state index < -0.39 is 0 Å². The molecule has 5 heteroatoms. The van der Waals surface area contributed by atoms with Crippen molar-refractivity contribution in [2.75, 3.05) is 32.7 Å². The van der Waals surface area contributed by atoms with Crippen molar-refractivity contribution in [3.63, 3.8) is 0 Å². The highest BCUT2D eigenvalue weighted by Crippen LogP contribution is 2.17. The minimum absolute atomic E-state index is 0.0221. The zero-order valence-corrected chi connectivity index (χ0v) is 12.9. The molecular formula is C15H27N3O2. The van der Waals surface area contributed by atoms with Crippen LogP contribution in [0.4, 0.5) is 0 Å². The van der Waals surface area contributed by atoms with Gasteiger partial charge in [0.1, 0.15) is 0 Å². The molecule has 2 rings (SSSR count). The summed E-state index contributed by atoms with van der Waals surface area (Å²) in [7, 11) is 0. The van der Waals surface area contributed by atoms with Crippen LogP contribution in [0.3, 0.4) is 0 Å². The van der Waals surface area contributed by atoms with Gasteiger partial charge in [0, 0.05) is 32.1 Å². The van der Waals surface area contributed by atoms with Crippen LogP contribution in [0.2, 0.25) is 0 Å². The number of piperazine rings is 1. The maximum atomic E-state index is 12.5. The Bertz CT molecular complexity index is 362. The second-order valence-electron chi connectivity index (χ2n) is 6.44. The van der Waals surface area contributed by atoms with E-state index >= 15 is 0 Å². The normalized spacial score (nSPS) is 27.8. The summed E-state index contributed by atoms with van der Waals surface area (Å²) < 4.78 is 0. The molecule has 5 nitrogen and oxygen atoms in total. The number of nitrogens with one attached hydrogen (secondary N) is 1. The molecule has 0 bridgehead atoms. The van der Waals surface area contributed by atoms with Gasteiger partial charge in [-0.25, -0.2) is 0 Å². The first-order chi connectivity index (χ1) is 9.49. The Kier molecular flexibility index (Phi) is 5.02. The minimum Gasteiger partial charge on any atom is -0.339 e. The van der Waals surface area contributed by atoms with Crippen molar-refractivity contribution in [1.82, 2.24) is 15.1 Å². The summed E-state index contributed by atoms with van der Waals surface area (Å²) in [5.74, 6) is 1.07. The van der Waals surface area contributed by atoms with E-state index in [1.54, 1.807) is 0 Å². The molecule has 0 radical (unpaired) electrons. The van der Waals surface area contributed by atoms with Crippen molar-refractivity contribution in [2.45, 2.75) is 39.7 Å². The molecule has 2 aliphatic rings. The SMILES string of the molecule is CC1CCNC(C(=O)N2CCN(C(=O)C(C)C)CC2)C1. The highest BCUT2D eigenvalue weighted by Gasteiger charge is 2.31. The van der Waals surface area contributed by atoms with E-state index in [4.69, 9.17) is 0 Å². The molecule has 1 N–H and O–H groups in total. The zero-order valence-electron chi connectivity index (χ0n) is 12.9. The standard InChI is InChI=1S/C15H27N3O2/c1-11(2)14(19)17-6-8-18(9-7-17)15(20)13-10-12(3)4-5-16-13/h11-13,16H,4-10H2,1-3H3.